The topological polar surface area (TPSA) is 0 Å². The maximum atomic E-state index is 2.59. The van der Waals surface area contributed by atoms with Crippen molar-refractivity contribution in [2.24, 2.45) is 0 Å². The first-order valence-electron chi connectivity index (χ1n) is 10.8. The fourth-order valence-corrected chi connectivity index (χ4v) is 8.17. The summed E-state index contributed by atoms with van der Waals surface area (Å²) in [5.41, 5.74) is 7.09. The molecule has 0 amide bonds. The van der Waals surface area contributed by atoms with Crippen LogP contribution in [0.25, 0.3) is 0 Å². The summed E-state index contributed by atoms with van der Waals surface area (Å²) in [7, 11) is 0. The molecule has 0 N–H and O–H groups in total. The number of unbranched alkanes of at least 4 members (excludes halogenated alkanes) is 2. The SMILES string of the molecule is CCCCC1=CC[C]([Zr][C]2=C(CCC)C(CCCC)=CC2)=C1CCC. The average molecular weight is 418 g/mol. The molecular weight excluding hydrogens is 379 g/mol. The second-order valence-electron chi connectivity index (χ2n) is 7.61. The van der Waals surface area contributed by atoms with Crippen molar-refractivity contribution in [1.82, 2.24) is 0 Å². The van der Waals surface area contributed by atoms with Gasteiger partial charge >= 0.3 is 169 Å². The van der Waals surface area contributed by atoms with Crippen molar-refractivity contribution in [3.05, 3.63) is 41.0 Å². The molecular formula is C24H38Zr. The Kier molecular flexibility index (Phi) is 9.76. The third-order valence-corrected chi connectivity index (χ3v) is 9.48. The second kappa shape index (κ2) is 11.5. The van der Waals surface area contributed by atoms with E-state index in [0.717, 1.165) is 0 Å². The van der Waals surface area contributed by atoms with Crippen LogP contribution in [0, 0.1) is 0 Å². The third kappa shape index (κ3) is 5.92. The van der Waals surface area contributed by atoms with Gasteiger partial charge < -0.3 is 0 Å². The zero-order chi connectivity index (χ0) is 18.1. The van der Waals surface area contributed by atoms with E-state index in [0.29, 0.717) is 0 Å². The van der Waals surface area contributed by atoms with Crippen molar-refractivity contribution in [3.63, 3.8) is 0 Å². The van der Waals surface area contributed by atoms with E-state index in [1.165, 1.54) is 77.0 Å². The zero-order valence-electron chi connectivity index (χ0n) is 17.1. The van der Waals surface area contributed by atoms with Crippen LogP contribution in [0.5, 0.6) is 0 Å². The minimum atomic E-state index is -0.558. The van der Waals surface area contributed by atoms with Gasteiger partial charge in [-0.05, 0) is 0 Å². The van der Waals surface area contributed by atoms with E-state index >= 15 is 0 Å². The van der Waals surface area contributed by atoms with Crippen molar-refractivity contribution in [2.75, 3.05) is 0 Å². The average Bonchev–Trinajstić information content (AvgIpc) is 3.17. The van der Waals surface area contributed by atoms with Crippen LogP contribution >= 0.6 is 0 Å². The summed E-state index contributed by atoms with van der Waals surface area (Å²) < 4.78 is 3.84. The molecule has 0 saturated carbocycles. The van der Waals surface area contributed by atoms with Gasteiger partial charge in [0, 0.05) is 0 Å². The molecule has 0 atom stereocenters. The monoisotopic (exact) mass is 416 g/mol. The van der Waals surface area contributed by atoms with Crippen molar-refractivity contribution in [2.45, 2.75) is 105 Å². The van der Waals surface area contributed by atoms with E-state index < -0.39 is 23.2 Å². The minimum absolute atomic E-state index is 0.558. The Labute approximate surface area is 168 Å². The predicted octanol–water partition coefficient (Wildman–Crippen LogP) is 8.22. The Hall–Kier alpha value is -0.157. The van der Waals surface area contributed by atoms with Gasteiger partial charge in [0.2, 0.25) is 0 Å². The van der Waals surface area contributed by atoms with E-state index in [4.69, 9.17) is 0 Å². The maximum absolute atomic E-state index is 2.59. The molecule has 0 radical (unpaired) electrons. The summed E-state index contributed by atoms with van der Waals surface area (Å²) in [6.07, 6.45) is 21.1. The molecule has 0 bridgehead atoms. The van der Waals surface area contributed by atoms with Crippen molar-refractivity contribution >= 4 is 0 Å². The molecule has 138 valence electrons. The third-order valence-electron chi connectivity index (χ3n) is 5.51. The van der Waals surface area contributed by atoms with Gasteiger partial charge in [-0.2, -0.15) is 0 Å². The first kappa shape index (κ1) is 21.1. The molecule has 2 aliphatic rings. The van der Waals surface area contributed by atoms with Crippen LogP contribution in [0.4, 0.5) is 0 Å². The van der Waals surface area contributed by atoms with Gasteiger partial charge in [-0.3, -0.25) is 0 Å². The molecule has 0 spiro atoms. The first-order valence-corrected chi connectivity index (χ1v) is 13.3. The molecule has 0 nitrogen and oxygen atoms in total. The van der Waals surface area contributed by atoms with Crippen molar-refractivity contribution in [1.29, 1.82) is 0 Å². The van der Waals surface area contributed by atoms with Gasteiger partial charge in [0.15, 0.2) is 0 Å². The molecule has 0 heterocycles. The van der Waals surface area contributed by atoms with Gasteiger partial charge in [-0.1, -0.05) is 0 Å². The Balaban J connectivity index is 2.15. The Bertz CT molecular complexity index is 507. The summed E-state index contributed by atoms with van der Waals surface area (Å²) in [4.78, 5) is 0. The van der Waals surface area contributed by atoms with E-state index in [-0.39, 0.29) is 0 Å². The van der Waals surface area contributed by atoms with Crippen LogP contribution in [0.15, 0.2) is 41.0 Å². The molecule has 2 rings (SSSR count). The van der Waals surface area contributed by atoms with E-state index in [1.807, 2.05) is 17.7 Å². The van der Waals surface area contributed by atoms with Crippen molar-refractivity contribution < 1.29 is 23.2 Å². The van der Waals surface area contributed by atoms with Gasteiger partial charge in [-0.25, -0.2) is 0 Å². The van der Waals surface area contributed by atoms with Crippen LogP contribution in [-0.4, -0.2) is 0 Å². The number of hydrogen-bond donors (Lipinski definition) is 0. The molecule has 0 aromatic heterocycles. The molecule has 0 aliphatic heterocycles. The fraction of sp³-hybridized carbons (Fsp3) is 0.667. The Morgan fingerprint density at radius 1 is 0.640 bits per heavy atom. The number of allylic oxidation sites excluding steroid dienone is 8. The van der Waals surface area contributed by atoms with Crippen LogP contribution in [0.2, 0.25) is 0 Å². The fourth-order valence-electron chi connectivity index (χ4n) is 4.13. The normalized spacial score (nSPS) is 17.4. The first-order chi connectivity index (χ1) is 12.2. The van der Waals surface area contributed by atoms with Crippen LogP contribution < -0.4 is 0 Å². The van der Waals surface area contributed by atoms with Crippen molar-refractivity contribution in [3.8, 4) is 0 Å². The van der Waals surface area contributed by atoms with Gasteiger partial charge in [0.25, 0.3) is 0 Å². The second-order valence-corrected chi connectivity index (χ2v) is 11.2. The molecule has 1 heteroatoms. The van der Waals surface area contributed by atoms with Gasteiger partial charge in [0.05, 0.1) is 0 Å². The van der Waals surface area contributed by atoms with Gasteiger partial charge in [0.1, 0.15) is 0 Å². The molecule has 0 fully saturated rings. The molecule has 0 unspecified atom stereocenters. The van der Waals surface area contributed by atoms with Gasteiger partial charge in [-0.15, -0.1) is 0 Å². The quantitative estimate of drug-likeness (QED) is 0.300. The van der Waals surface area contributed by atoms with E-state index in [9.17, 15) is 0 Å². The van der Waals surface area contributed by atoms with E-state index in [1.54, 1.807) is 11.1 Å². The molecule has 25 heavy (non-hydrogen) atoms. The Morgan fingerprint density at radius 2 is 1.08 bits per heavy atom. The Morgan fingerprint density at radius 3 is 1.44 bits per heavy atom. The summed E-state index contributed by atoms with van der Waals surface area (Å²) in [5.74, 6) is 0. The number of rotatable bonds is 12. The van der Waals surface area contributed by atoms with Crippen LogP contribution in [-0.2, 0) is 23.2 Å². The predicted molar refractivity (Wildman–Crippen MR) is 108 cm³/mol. The molecule has 2 aliphatic carbocycles. The number of hydrogen-bond acceptors (Lipinski definition) is 0. The van der Waals surface area contributed by atoms with E-state index in [2.05, 4.69) is 39.8 Å². The standard InChI is InChI=1S/2C12H19.Zr/c2*1-3-5-8-12-10-6-9-11(12)7-4-2;/h2*10H,3-8H2,1-2H3;. The summed E-state index contributed by atoms with van der Waals surface area (Å²) >= 11 is -0.558. The summed E-state index contributed by atoms with van der Waals surface area (Å²) in [5, 5.41) is 0. The van der Waals surface area contributed by atoms with Crippen LogP contribution in [0.1, 0.15) is 105 Å². The molecule has 0 aromatic rings. The zero-order valence-corrected chi connectivity index (χ0v) is 19.6. The summed E-state index contributed by atoms with van der Waals surface area (Å²) in [6, 6.07) is 0. The molecule has 0 saturated heterocycles. The summed E-state index contributed by atoms with van der Waals surface area (Å²) in [6.45, 7) is 9.35. The molecule has 0 aromatic carbocycles. The van der Waals surface area contributed by atoms with Crippen LogP contribution in [0.3, 0.4) is 0 Å².